The second kappa shape index (κ2) is 11.8. The molecule has 0 spiro atoms. The van der Waals surface area contributed by atoms with E-state index in [4.69, 9.17) is 4.99 Å². The highest BCUT2D eigenvalue weighted by atomic mass is 16.2. The van der Waals surface area contributed by atoms with Crippen molar-refractivity contribution in [2.75, 3.05) is 35.8 Å². The van der Waals surface area contributed by atoms with E-state index < -0.39 is 18.1 Å². The SMILES string of the molecule is Cc1ccc(C(=O)CN2C(=O)[C@H](NC(=O)Nc3cccc(N(C)C)c3)N=C(c3ccccn3)c3ccccc32)cc1. The number of fused-ring (bicyclic) bond motifs is 1. The average molecular weight is 547 g/mol. The minimum atomic E-state index is -1.32. The first-order chi connectivity index (χ1) is 19.8. The molecule has 1 aliphatic heterocycles. The number of rotatable bonds is 7. The molecule has 3 aromatic carbocycles. The fourth-order valence-electron chi connectivity index (χ4n) is 4.52. The first-order valence-electron chi connectivity index (χ1n) is 13.1. The zero-order valence-electron chi connectivity index (χ0n) is 23.0. The molecule has 2 heterocycles. The Morgan fingerprint density at radius 2 is 1.68 bits per heavy atom. The van der Waals surface area contributed by atoms with Crippen molar-refractivity contribution in [3.63, 3.8) is 0 Å². The summed E-state index contributed by atoms with van der Waals surface area (Å²) in [5.74, 6) is -0.779. The Kier molecular flexibility index (Phi) is 7.87. The van der Waals surface area contributed by atoms with Crippen molar-refractivity contribution >= 4 is 40.5 Å². The highest BCUT2D eigenvalue weighted by molar-refractivity contribution is 6.20. The number of carbonyl (C=O) groups is 3. The van der Waals surface area contributed by atoms with Crippen LogP contribution in [0.4, 0.5) is 21.9 Å². The molecule has 9 heteroatoms. The van der Waals surface area contributed by atoms with Crippen molar-refractivity contribution in [3.8, 4) is 0 Å². The summed E-state index contributed by atoms with van der Waals surface area (Å²) in [4.78, 5) is 53.0. The first kappa shape index (κ1) is 27.3. The Morgan fingerprint density at radius 3 is 2.41 bits per heavy atom. The summed E-state index contributed by atoms with van der Waals surface area (Å²) >= 11 is 0. The second-order valence-electron chi connectivity index (χ2n) is 9.87. The molecule has 1 aromatic heterocycles. The van der Waals surface area contributed by atoms with Crippen LogP contribution in [0.15, 0.2) is 102 Å². The molecule has 206 valence electrons. The molecule has 0 bridgehead atoms. The average Bonchev–Trinajstić information content (AvgIpc) is 3.09. The number of benzodiazepines with no additional fused rings is 1. The van der Waals surface area contributed by atoms with E-state index in [9.17, 15) is 14.4 Å². The summed E-state index contributed by atoms with van der Waals surface area (Å²) in [5, 5.41) is 5.50. The smallest absolute Gasteiger partial charge is 0.321 e. The zero-order chi connectivity index (χ0) is 28.9. The molecule has 5 rings (SSSR count). The number of aliphatic imine (C=N–C) groups is 1. The van der Waals surface area contributed by atoms with Crippen LogP contribution in [0, 0.1) is 6.92 Å². The van der Waals surface area contributed by atoms with Gasteiger partial charge in [-0.2, -0.15) is 0 Å². The molecule has 1 atom stereocenters. The minimum absolute atomic E-state index is 0.228. The molecule has 0 saturated heterocycles. The number of pyridine rings is 1. The molecule has 0 radical (unpaired) electrons. The molecule has 41 heavy (non-hydrogen) atoms. The number of amides is 3. The molecule has 0 saturated carbocycles. The van der Waals surface area contributed by atoms with Crippen LogP contribution in [-0.4, -0.2) is 55.2 Å². The van der Waals surface area contributed by atoms with Gasteiger partial charge in [0.25, 0.3) is 5.91 Å². The van der Waals surface area contributed by atoms with Crippen LogP contribution in [0.1, 0.15) is 27.2 Å². The standard InChI is InChI=1S/C32H30N6O3/c1-21-14-16-22(17-15-21)28(39)20-38-27-13-5-4-11-25(27)29(26-12-6-7-18-33-26)35-30(31(38)40)36-32(41)34-23-9-8-10-24(19-23)37(2)3/h4-19,30H,20H2,1-3H3,(H2,34,36,41)/t30-/m0/s1. The maximum atomic E-state index is 14.0. The Labute approximate surface area is 238 Å². The molecule has 0 aliphatic carbocycles. The van der Waals surface area contributed by atoms with Crippen molar-refractivity contribution < 1.29 is 14.4 Å². The summed E-state index contributed by atoms with van der Waals surface area (Å²) in [6.45, 7) is 1.71. The van der Waals surface area contributed by atoms with Crippen molar-refractivity contribution in [1.82, 2.24) is 10.3 Å². The number of aryl methyl sites for hydroxylation is 1. The van der Waals surface area contributed by atoms with Crippen LogP contribution < -0.4 is 20.4 Å². The van der Waals surface area contributed by atoms with Gasteiger partial charge in [-0.05, 0) is 43.3 Å². The number of nitrogens with one attached hydrogen (secondary N) is 2. The van der Waals surface area contributed by atoms with Crippen molar-refractivity contribution in [1.29, 1.82) is 0 Å². The number of hydrogen-bond acceptors (Lipinski definition) is 6. The third-order valence-electron chi connectivity index (χ3n) is 6.68. The van der Waals surface area contributed by atoms with E-state index >= 15 is 0 Å². The predicted molar refractivity (Wildman–Crippen MR) is 161 cm³/mol. The van der Waals surface area contributed by atoms with Gasteiger partial charge in [-0.25, -0.2) is 9.79 Å². The molecule has 1 aliphatic rings. The van der Waals surface area contributed by atoms with Gasteiger partial charge >= 0.3 is 6.03 Å². The Balaban J connectivity index is 1.51. The number of carbonyl (C=O) groups excluding carboxylic acids is 3. The lowest BCUT2D eigenvalue weighted by molar-refractivity contribution is -0.120. The fourth-order valence-corrected chi connectivity index (χ4v) is 4.52. The third-order valence-corrected chi connectivity index (χ3v) is 6.68. The van der Waals surface area contributed by atoms with Gasteiger partial charge in [0.2, 0.25) is 6.17 Å². The predicted octanol–water partition coefficient (Wildman–Crippen LogP) is 4.67. The molecule has 2 N–H and O–H groups in total. The molecule has 0 unspecified atom stereocenters. The topological polar surface area (TPSA) is 107 Å². The molecular weight excluding hydrogens is 516 g/mol. The van der Waals surface area contributed by atoms with Crippen molar-refractivity contribution in [3.05, 3.63) is 120 Å². The van der Waals surface area contributed by atoms with Gasteiger partial charge in [0.05, 0.1) is 23.6 Å². The Bertz CT molecular complexity index is 1620. The van der Waals surface area contributed by atoms with Gasteiger partial charge < -0.3 is 20.4 Å². The van der Waals surface area contributed by atoms with E-state index in [0.29, 0.717) is 33.9 Å². The largest absolute Gasteiger partial charge is 0.378 e. The lowest BCUT2D eigenvalue weighted by Gasteiger charge is -2.25. The number of anilines is 3. The van der Waals surface area contributed by atoms with Crippen LogP contribution >= 0.6 is 0 Å². The summed E-state index contributed by atoms with van der Waals surface area (Å²) in [6.07, 6.45) is 0.320. The van der Waals surface area contributed by atoms with Crippen LogP contribution in [0.5, 0.6) is 0 Å². The summed E-state index contributed by atoms with van der Waals surface area (Å²) in [5.41, 5.74) is 5.06. The van der Waals surface area contributed by atoms with Crippen LogP contribution in [0.3, 0.4) is 0 Å². The molecule has 3 amide bonds. The number of para-hydroxylation sites is 1. The molecule has 4 aromatic rings. The quantitative estimate of drug-likeness (QED) is 0.328. The molecular formula is C32H30N6O3. The van der Waals surface area contributed by atoms with Gasteiger partial charge in [0, 0.05) is 42.8 Å². The Morgan fingerprint density at radius 1 is 0.927 bits per heavy atom. The number of urea groups is 1. The summed E-state index contributed by atoms with van der Waals surface area (Å²) in [6, 6.07) is 26.5. The van der Waals surface area contributed by atoms with Crippen molar-refractivity contribution in [2.45, 2.75) is 13.1 Å². The molecule has 9 nitrogen and oxygen atoms in total. The van der Waals surface area contributed by atoms with E-state index in [2.05, 4.69) is 15.6 Å². The van der Waals surface area contributed by atoms with Gasteiger partial charge in [0.1, 0.15) is 0 Å². The number of nitrogens with zero attached hydrogens (tertiary/aromatic N) is 4. The molecule has 0 fully saturated rings. The minimum Gasteiger partial charge on any atom is -0.378 e. The van der Waals surface area contributed by atoms with E-state index in [-0.39, 0.29) is 12.3 Å². The van der Waals surface area contributed by atoms with E-state index in [1.807, 2.05) is 74.4 Å². The van der Waals surface area contributed by atoms with E-state index in [1.54, 1.807) is 48.7 Å². The number of Topliss-reactive ketones (excluding diaryl/α,β-unsaturated/α-hetero) is 1. The highest BCUT2D eigenvalue weighted by Crippen LogP contribution is 2.28. The number of hydrogen-bond donors (Lipinski definition) is 2. The zero-order valence-corrected chi connectivity index (χ0v) is 23.0. The van der Waals surface area contributed by atoms with Gasteiger partial charge in [-0.1, -0.05) is 60.2 Å². The van der Waals surface area contributed by atoms with Crippen LogP contribution in [0.2, 0.25) is 0 Å². The lowest BCUT2D eigenvalue weighted by atomic mass is 10.0. The maximum Gasteiger partial charge on any atom is 0.321 e. The number of benzene rings is 3. The normalized spacial score (nSPS) is 14.4. The second-order valence-corrected chi connectivity index (χ2v) is 9.87. The summed E-state index contributed by atoms with van der Waals surface area (Å²) < 4.78 is 0. The monoisotopic (exact) mass is 546 g/mol. The van der Waals surface area contributed by atoms with Gasteiger partial charge in [0.15, 0.2) is 5.78 Å². The fraction of sp³-hybridized carbons (Fsp3) is 0.156. The van der Waals surface area contributed by atoms with Crippen LogP contribution in [-0.2, 0) is 4.79 Å². The lowest BCUT2D eigenvalue weighted by Crippen LogP contribution is -2.49. The van der Waals surface area contributed by atoms with E-state index in [0.717, 1.165) is 11.3 Å². The Hall–Kier alpha value is -5.31. The number of ketones is 1. The number of aromatic nitrogens is 1. The third kappa shape index (κ3) is 6.14. The van der Waals surface area contributed by atoms with Crippen molar-refractivity contribution in [2.24, 2.45) is 4.99 Å². The van der Waals surface area contributed by atoms with E-state index in [1.165, 1.54) is 4.90 Å². The first-order valence-corrected chi connectivity index (χ1v) is 13.1. The summed E-state index contributed by atoms with van der Waals surface area (Å²) in [7, 11) is 3.81. The maximum absolute atomic E-state index is 14.0. The van der Waals surface area contributed by atoms with Gasteiger partial charge in [-0.15, -0.1) is 0 Å². The van der Waals surface area contributed by atoms with Gasteiger partial charge in [-0.3, -0.25) is 14.6 Å². The highest BCUT2D eigenvalue weighted by Gasteiger charge is 2.34. The van der Waals surface area contributed by atoms with Crippen LogP contribution in [0.25, 0.3) is 0 Å².